The molecule has 208 valence electrons. The van der Waals surface area contributed by atoms with Crippen molar-refractivity contribution in [2.75, 3.05) is 0 Å². The fourth-order valence-electron chi connectivity index (χ4n) is 1.97. The highest BCUT2D eigenvalue weighted by atomic mass is 79.9. The molecule has 7 nitrogen and oxygen atoms in total. The maximum Gasteiger partial charge on any atom is 0.337 e. The molecule has 3 rings (SSSR count). The van der Waals surface area contributed by atoms with Gasteiger partial charge in [0, 0.05) is 51.7 Å². The second-order valence-electron chi connectivity index (χ2n) is 10.0. The average molecular weight is 694 g/mol. The Hall–Kier alpha value is -2.65. The third-order valence-corrected chi connectivity index (χ3v) is 6.50. The number of rotatable bonds is 3. The first-order chi connectivity index (χ1) is 18.1. The van der Waals surface area contributed by atoms with Gasteiger partial charge in [0.15, 0.2) is 0 Å². The number of aromatic carboxylic acids is 1. The quantitative estimate of drug-likeness (QED) is 0.222. The summed E-state index contributed by atoms with van der Waals surface area (Å²) in [7, 11) is -2.42. The summed E-state index contributed by atoms with van der Waals surface area (Å²) in [5.41, 5.74) is 8.71. The second-order valence-corrected chi connectivity index (χ2v) is 21.4. The van der Waals surface area contributed by atoms with E-state index < -0.39 is 22.1 Å². The normalized spacial score (nSPS) is 9.97. The van der Waals surface area contributed by atoms with Crippen LogP contribution in [0.15, 0.2) is 64.3 Å². The Bertz CT molecular complexity index is 1290. The molecule has 0 saturated heterocycles. The van der Waals surface area contributed by atoms with Crippen LogP contribution in [-0.4, -0.2) is 52.4 Å². The van der Waals surface area contributed by atoms with Crippen LogP contribution in [-0.2, 0) is 13.2 Å². The third-order valence-electron chi connectivity index (χ3n) is 3.89. The summed E-state index contributed by atoms with van der Waals surface area (Å²) in [4.78, 5) is 21.8. The van der Waals surface area contributed by atoms with Crippen molar-refractivity contribution in [1.82, 2.24) is 15.0 Å². The third kappa shape index (κ3) is 20.0. The summed E-state index contributed by atoms with van der Waals surface area (Å²) in [6, 6.07) is 5.20. The van der Waals surface area contributed by atoms with E-state index in [0.29, 0.717) is 4.47 Å². The molecule has 11 heteroatoms. The number of halogens is 2. The summed E-state index contributed by atoms with van der Waals surface area (Å²) in [5.74, 6) is 2.13. The molecule has 3 aromatic heterocycles. The minimum absolute atomic E-state index is 0.0233. The predicted molar refractivity (Wildman–Crippen MR) is 169 cm³/mol. The van der Waals surface area contributed by atoms with Gasteiger partial charge in [-0.3, -0.25) is 15.0 Å². The molecule has 0 bridgehead atoms. The number of carboxylic acid groups (broad SMARTS) is 1. The van der Waals surface area contributed by atoms with Crippen molar-refractivity contribution >= 4 is 54.0 Å². The highest BCUT2D eigenvalue weighted by molar-refractivity contribution is 9.10. The molecular weight excluding hydrogens is 658 g/mol. The molecule has 0 unspecified atom stereocenters. The van der Waals surface area contributed by atoms with Crippen LogP contribution in [0.1, 0.15) is 27.0 Å². The monoisotopic (exact) mass is 691 g/mol. The van der Waals surface area contributed by atoms with Crippen molar-refractivity contribution in [2.24, 2.45) is 0 Å². The van der Waals surface area contributed by atoms with Crippen LogP contribution in [0.25, 0.3) is 0 Å². The van der Waals surface area contributed by atoms with E-state index in [9.17, 15) is 4.79 Å². The van der Waals surface area contributed by atoms with Gasteiger partial charge in [-0.1, -0.05) is 45.2 Å². The molecule has 0 atom stereocenters. The Morgan fingerprint density at radius 2 is 1.26 bits per heavy atom. The maximum absolute atomic E-state index is 10.3. The number of hydrogen-bond donors (Lipinski definition) is 3. The zero-order chi connectivity index (χ0) is 30.1. The first-order valence-electron chi connectivity index (χ1n) is 11.7. The molecule has 0 radical (unpaired) electrons. The molecule has 0 amide bonds. The van der Waals surface area contributed by atoms with Gasteiger partial charge in [0.1, 0.15) is 16.1 Å². The summed E-state index contributed by atoms with van der Waals surface area (Å²) in [5, 5.41) is 26.0. The summed E-state index contributed by atoms with van der Waals surface area (Å²) in [6.45, 7) is 13.1. The SMILES string of the molecule is C#C[Si](C)(C)C.C[Si](C)(C)C#Cc1cncc(CO)c1.O=C(O)c1cncc(Br)c1.OCc1cncc(Br)c1. The minimum atomic E-state index is -1.32. The van der Waals surface area contributed by atoms with E-state index in [1.807, 2.05) is 12.1 Å². The summed E-state index contributed by atoms with van der Waals surface area (Å²) < 4.78 is 1.57. The average Bonchev–Trinajstić information content (AvgIpc) is 2.88. The number of carboxylic acids is 1. The lowest BCUT2D eigenvalue weighted by molar-refractivity contribution is 0.0696. The van der Waals surface area contributed by atoms with Crippen LogP contribution < -0.4 is 0 Å². The van der Waals surface area contributed by atoms with Gasteiger partial charge in [0.2, 0.25) is 0 Å². The van der Waals surface area contributed by atoms with Crippen LogP contribution in [0.4, 0.5) is 0 Å². The molecule has 39 heavy (non-hydrogen) atoms. The van der Waals surface area contributed by atoms with Gasteiger partial charge in [-0.15, -0.1) is 17.5 Å². The zero-order valence-electron chi connectivity index (χ0n) is 23.0. The Labute approximate surface area is 250 Å². The standard InChI is InChI=1S/C11H15NOSi.C6H4BrNO2.C6H6BrNO.C5H10Si/c1-14(2,3)5-4-10-6-11(9-13)8-12-7-10;7-5-1-4(6(9)10)2-8-3-5;7-6-1-5(4-9)2-8-3-6;1-5-6(2,3)4/h6-8,13H,9H2,1-3H3;1-3H,(H,9,10);1-3,9H,4H2;1H,2-4H3. The van der Waals surface area contributed by atoms with Gasteiger partial charge in [-0.25, -0.2) is 4.79 Å². The molecule has 3 heterocycles. The molecule has 3 aromatic rings. The molecule has 0 aromatic carbocycles. The number of hydrogen-bond acceptors (Lipinski definition) is 6. The molecule has 0 aliphatic heterocycles. The molecule has 0 spiro atoms. The lowest BCUT2D eigenvalue weighted by Crippen LogP contribution is -2.16. The van der Waals surface area contributed by atoms with Crippen molar-refractivity contribution in [3.8, 4) is 23.4 Å². The number of aromatic nitrogens is 3. The zero-order valence-corrected chi connectivity index (χ0v) is 28.2. The van der Waals surface area contributed by atoms with E-state index in [1.165, 1.54) is 18.5 Å². The summed E-state index contributed by atoms with van der Waals surface area (Å²) in [6.07, 6.45) is 14.6. The smallest absolute Gasteiger partial charge is 0.337 e. The van der Waals surface area contributed by atoms with Gasteiger partial charge < -0.3 is 15.3 Å². The Kier molecular flexibility index (Phi) is 17.3. The Morgan fingerprint density at radius 1 is 0.795 bits per heavy atom. The maximum atomic E-state index is 10.3. The number of aliphatic hydroxyl groups is 2. The topological polar surface area (TPSA) is 116 Å². The van der Waals surface area contributed by atoms with Crippen LogP contribution in [0.3, 0.4) is 0 Å². The molecular formula is C28H35Br2N3O4Si2. The van der Waals surface area contributed by atoms with Crippen LogP contribution in [0, 0.1) is 23.4 Å². The number of carbonyl (C=O) groups is 1. The van der Waals surface area contributed by atoms with E-state index in [2.05, 4.69) is 103 Å². The fraction of sp³-hybridized carbons (Fsp3) is 0.286. The number of pyridine rings is 3. The molecule has 0 aliphatic carbocycles. The summed E-state index contributed by atoms with van der Waals surface area (Å²) >= 11 is 6.33. The van der Waals surface area contributed by atoms with Gasteiger partial charge in [0.25, 0.3) is 0 Å². The van der Waals surface area contributed by atoms with Gasteiger partial charge in [0.05, 0.1) is 18.8 Å². The van der Waals surface area contributed by atoms with Crippen LogP contribution in [0.2, 0.25) is 39.3 Å². The van der Waals surface area contributed by atoms with E-state index >= 15 is 0 Å². The lowest BCUT2D eigenvalue weighted by atomic mass is 10.2. The molecule has 0 fully saturated rings. The van der Waals surface area contributed by atoms with E-state index in [4.69, 9.17) is 21.7 Å². The van der Waals surface area contributed by atoms with Gasteiger partial charge in [-0.05, 0) is 61.2 Å². The van der Waals surface area contributed by atoms with Gasteiger partial charge in [-0.2, -0.15) is 0 Å². The Balaban J connectivity index is 0.000000515. The van der Waals surface area contributed by atoms with E-state index in [1.54, 1.807) is 24.8 Å². The number of aliphatic hydroxyl groups excluding tert-OH is 2. The largest absolute Gasteiger partial charge is 0.478 e. The number of terminal acetylenes is 1. The first-order valence-corrected chi connectivity index (χ1v) is 20.3. The van der Waals surface area contributed by atoms with E-state index in [0.717, 1.165) is 21.2 Å². The van der Waals surface area contributed by atoms with Crippen molar-refractivity contribution in [2.45, 2.75) is 52.5 Å². The van der Waals surface area contributed by atoms with Gasteiger partial charge >= 0.3 is 5.97 Å². The van der Waals surface area contributed by atoms with E-state index in [-0.39, 0.29) is 18.8 Å². The van der Waals surface area contributed by atoms with Crippen molar-refractivity contribution in [3.63, 3.8) is 0 Å². The molecule has 3 N–H and O–H groups in total. The lowest BCUT2D eigenvalue weighted by Gasteiger charge is -2.03. The van der Waals surface area contributed by atoms with Crippen LogP contribution in [0.5, 0.6) is 0 Å². The highest BCUT2D eigenvalue weighted by Crippen LogP contribution is 2.09. The van der Waals surface area contributed by atoms with Crippen molar-refractivity contribution < 1.29 is 20.1 Å². The second kappa shape index (κ2) is 18.6. The van der Waals surface area contributed by atoms with Crippen molar-refractivity contribution in [3.05, 3.63) is 86.6 Å². The predicted octanol–water partition coefficient (Wildman–Crippen LogP) is 6.18. The van der Waals surface area contributed by atoms with Crippen molar-refractivity contribution in [1.29, 1.82) is 0 Å². The Morgan fingerprint density at radius 3 is 1.62 bits per heavy atom. The molecule has 0 saturated carbocycles. The fourth-order valence-corrected chi connectivity index (χ4v) is 3.27. The first kappa shape index (κ1) is 36.4. The highest BCUT2D eigenvalue weighted by Gasteiger charge is 2.07. The molecule has 0 aliphatic rings. The minimum Gasteiger partial charge on any atom is -0.478 e. The number of nitrogens with zero attached hydrogens (tertiary/aromatic N) is 3. The van der Waals surface area contributed by atoms with Crippen LogP contribution >= 0.6 is 31.9 Å².